The molecule has 4 N–H and O–H groups in total. The number of amides is 2. The van der Waals surface area contributed by atoms with Crippen LogP contribution in [0.2, 0.25) is 0 Å². The molecule has 3 rings (SSSR count). The van der Waals surface area contributed by atoms with Gasteiger partial charge in [-0.1, -0.05) is 24.3 Å². The largest absolute Gasteiger partial charge is 0.504 e. The molecule has 2 amide bonds. The molecule has 0 radical (unpaired) electrons. The Bertz CT molecular complexity index is 1250. The second kappa shape index (κ2) is 12.5. The van der Waals surface area contributed by atoms with Crippen LogP contribution in [0.15, 0.2) is 84.9 Å². The van der Waals surface area contributed by atoms with Crippen LogP contribution in [-0.4, -0.2) is 35.5 Å². The second-order valence-electron chi connectivity index (χ2n) is 7.30. The second-order valence-corrected chi connectivity index (χ2v) is 7.30. The highest BCUT2D eigenvalue weighted by atomic mass is 16.6. The summed E-state index contributed by atoms with van der Waals surface area (Å²) in [6.45, 7) is 0. The molecule has 2 atom stereocenters. The van der Waals surface area contributed by atoms with Crippen molar-refractivity contribution in [3.63, 3.8) is 0 Å². The molecule has 0 aliphatic rings. The van der Waals surface area contributed by atoms with E-state index in [1.54, 1.807) is 36.4 Å². The van der Waals surface area contributed by atoms with Gasteiger partial charge in [-0.15, -0.1) is 0 Å². The number of anilines is 1. The highest BCUT2D eigenvalue weighted by molar-refractivity contribution is 5.86. The number of aromatic hydroxyl groups is 1. The molecule has 0 aliphatic carbocycles. The quantitative estimate of drug-likeness (QED) is 0.200. The molecule has 3 aromatic carbocycles. The van der Waals surface area contributed by atoms with Gasteiger partial charge < -0.3 is 19.3 Å². The van der Waals surface area contributed by atoms with E-state index in [1.165, 1.54) is 55.1 Å². The monoisotopic (exact) mass is 489 g/mol. The Morgan fingerprint density at radius 2 is 1.78 bits per heavy atom. The lowest BCUT2D eigenvalue weighted by Crippen LogP contribution is -2.30. The molecule has 10 nitrogen and oxygen atoms in total. The summed E-state index contributed by atoms with van der Waals surface area (Å²) in [7, 11) is 1.39. The Morgan fingerprint density at radius 1 is 1.06 bits per heavy atom. The van der Waals surface area contributed by atoms with Crippen molar-refractivity contribution in [1.29, 1.82) is 5.26 Å². The van der Waals surface area contributed by atoms with Crippen LogP contribution >= 0.6 is 0 Å². The average molecular weight is 489 g/mol. The fourth-order valence-electron chi connectivity index (χ4n) is 3.18. The lowest BCUT2D eigenvalue weighted by atomic mass is 10.0. The van der Waals surface area contributed by atoms with Crippen LogP contribution in [0.25, 0.3) is 0 Å². The van der Waals surface area contributed by atoms with Crippen LogP contribution in [0.4, 0.5) is 10.5 Å². The summed E-state index contributed by atoms with van der Waals surface area (Å²) < 4.78 is 16.8. The number of hydroxylamine groups is 1. The summed E-state index contributed by atoms with van der Waals surface area (Å²) in [5, 5.41) is 30.7. The van der Waals surface area contributed by atoms with E-state index in [1.807, 2.05) is 6.07 Å². The molecule has 0 heterocycles. The first kappa shape index (κ1) is 25.6. The maximum absolute atomic E-state index is 12.8. The number of nitrogens with zero attached hydrogens (tertiary/aromatic N) is 1. The van der Waals surface area contributed by atoms with E-state index < -0.39 is 24.2 Å². The third kappa shape index (κ3) is 6.99. The minimum Gasteiger partial charge on any atom is -0.504 e. The number of hydrogen-bond acceptors (Lipinski definition) is 8. The molecule has 0 unspecified atom stereocenters. The SMILES string of the molecule is COc1ccc([C@@H](OC(=O)Nc2ccc(C#N)cc2)[C@@H](/C=C/C(=O)NO)Oc2ccccc2)cc1O. The van der Waals surface area contributed by atoms with Crippen LogP contribution in [0.3, 0.4) is 0 Å². The van der Waals surface area contributed by atoms with Crippen molar-refractivity contribution in [3.05, 3.63) is 96.1 Å². The molecule has 36 heavy (non-hydrogen) atoms. The smallest absolute Gasteiger partial charge is 0.412 e. The highest BCUT2D eigenvalue weighted by Gasteiger charge is 2.29. The number of carbonyl (C=O) groups is 2. The van der Waals surface area contributed by atoms with Gasteiger partial charge in [-0.25, -0.2) is 10.3 Å². The Kier molecular flexibility index (Phi) is 8.86. The number of nitrogens with one attached hydrogen (secondary N) is 2. The van der Waals surface area contributed by atoms with Crippen molar-refractivity contribution >= 4 is 17.7 Å². The van der Waals surface area contributed by atoms with Crippen LogP contribution in [0.1, 0.15) is 17.2 Å². The zero-order chi connectivity index (χ0) is 25.9. The van der Waals surface area contributed by atoms with E-state index in [9.17, 15) is 14.7 Å². The number of carbonyl (C=O) groups excluding carboxylic acids is 2. The molecule has 0 saturated carbocycles. The Labute approximate surface area is 206 Å². The van der Waals surface area contributed by atoms with Crippen LogP contribution in [-0.2, 0) is 9.53 Å². The van der Waals surface area contributed by atoms with Crippen molar-refractivity contribution in [2.75, 3.05) is 12.4 Å². The third-order valence-corrected chi connectivity index (χ3v) is 4.89. The van der Waals surface area contributed by atoms with E-state index in [2.05, 4.69) is 5.32 Å². The molecule has 10 heteroatoms. The van der Waals surface area contributed by atoms with Crippen molar-refractivity contribution in [3.8, 4) is 23.3 Å². The van der Waals surface area contributed by atoms with E-state index in [0.717, 1.165) is 6.08 Å². The summed E-state index contributed by atoms with van der Waals surface area (Å²) in [5.74, 6) is -0.410. The van der Waals surface area contributed by atoms with Gasteiger partial charge in [0.25, 0.3) is 5.91 Å². The first-order valence-electron chi connectivity index (χ1n) is 10.6. The summed E-state index contributed by atoms with van der Waals surface area (Å²) >= 11 is 0. The van der Waals surface area contributed by atoms with E-state index in [0.29, 0.717) is 22.6 Å². The highest BCUT2D eigenvalue weighted by Crippen LogP contribution is 2.33. The number of phenolic OH excluding ortho intramolecular Hbond substituents is 1. The first-order chi connectivity index (χ1) is 17.4. The Morgan fingerprint density at radius 3 is 2.39 bits per heavy atom. The lowest BCUT2D eigenvalue weighted by Gasteiger charge is -2.26. The van der Waals surface area contributed by atoms with E-state index in [4.69, 9.17) is 24.7 Å². The number of rotatable bonds is 9. The van der Waals surface area contributed by atoms with Gasteiger partial charge in [0.1, 0.15) is 5.75 Å². The van der Waals surface area contributed by atoms with Gasteiger partial charge in [0, 0.05) is 17.3 Å². The van der Waals surface area contributed by atoms with Gasteiger partial charge >= 0.3 is 6.09 Å². The molecule has 0 aromatic heterocycles. The summed E-state index contributed by atoms with van der Waals surface area (Å²) in [4.78, 5) is 24.5. The van der Waals surface area contributed by atoms with Crippen molar-refractivity contribution < 1.29 is 34.1 Å². The molecule has 0 aliphatic heterocycles. The van der Waals surface area contributed by atoms with Gasteiger partial charge in [-0.05, 0) is 54.6 Å². The fourth-order valence-corrected chi connectivity index (χ4v) is 3.18. The van der Waals surface area contributed by atoms with Crippen LogP contribution < -0.4 is 20.3 Å². The zero-order valence-electron chi connectivity index (χ0n) is 19.1. The van der Waals surface area contributed by atoms with Gasteiger partial charge in [0.05, 0.1) is 18.7 Å². The summed E-state index contributed by atoms with van der Waals surface area (Å²) in [5.41, 5.74) is 2.62. The molecular weight excluding hydrogens is 466 g/mol. The normalized spacial score (nSPS) is 12.1. The number of hydrogen-bond donors (Lipinski definition) is 4. The fraction of sp³-hybridized carbons (Fsp3) is 0.115. The van der Waals surface area contributed by atoms with Crippen molar-refractivity contribution in [2.45, 2.75) is 12.2 Å². The van der Waals surface area contributed by atoms with Crippen LogP contribution in [0.5, 0.6) is 17.2 Å². The van der Waals surface area contributed by atoms with Gasteiger partial charge in [-0.2, -0.15) is 5.26 Å². The molecule has 184 valence electrons. The standard InChI is InChI=1S/C26H23N3O7/c1-34-22-12-9-18(15-21(22)30)25(36-26(32)28-19-10-7-17(16-27)8-11-19)23(13-14-24(31)29-33)35-20-5-3-2-4-6-20/h2-15,23,25,30,33H,1H3,(H,28,32)(H,29,31)/b14-13+/t23-,25-/m1/s1. The molecule has 0 bridgehead atoms. The Balaban J connectivity index is 1.96. The van der Waals surface area contributed by atoms with Gasteiger partial charge in [0.15, 0.2) is 23.7 Å². The lowest BCUT2D eigenvalue weighted by molar-refractivity contribution is -0.124. The minimum atomic E-state index is -1.16. The molecule has 0 saturated heterocycles. The molecule has 0 spiro atoms. The summed E-state index contributed by atoms with van der Waals surface area (Å²) in [6.07, 6.45) is -0.764. The maximum Gasteiger partial charge on any atom is 0.412 e. The van der Waals surface area contributed by atoms with E-state index in [-0.39, 0.29) is 11.5 Å². The Hall–Kier alpha value is -5.01. The number of para-hydroxylation sites is 1. The topological polar surface area (TPSA) is 150 Å². The minimum absolute atomic E-state index is 0.202. The zero-order valence-corrected chi connectivity index (χ0v) is 19.1. The third-order valence-electron chi connectivity index (χ3n) is 4.89. The molecular formula is C26H23N3O7. The van der Waals surface area contributed by atoms with Crippen molar-refractivity contribution in [2.24, 2.45) is 0 Å². The molecule has 3 aromatic rings. The maximum atomic E-state index is 12.8. The average Bonchev–Trinajstić information content (AvgIpc) is 2.90. The van der Waals surface area contributed by atoms with Crippen molar-refractivity contribution in [1.82, 2.24) is 5.48 Å². The predicted molar refractivity (Wildman–Crippen MR) is 129 cm³/mol. The number of nitriles is 1. The number of benzene rings is 3. The van der Waals surface area contributed by atoms with Gasteiger partial charge in [0.2, 0.25) is 0 Å². The summed E-state index contributed by atoms with van der Waals surface area (Å²) in [6, 6.07) is 21.2. The molecule has 0 fully saturated rings. The predicted octanol–water partition coefficient (Wildman–Crippen LogP) is 4.07. The van der Waals surface area contributed by atoms with E-state index >= 15 is 0 Å². The number of methoxy groups -OCH3 is 1. The van der Waals surface area contributed by atoms with Crippen LogP contribution in [0, 0.1) is 11.3 Å². The van der Waals surface area contributed by atoms with Gasteiger partial charge in [-0.3, -0.25) is 15.3 Å². The number of phenols is 1. The first-order valence-corrected chi connectivity index (χ1v) is 10.6. The number of ether oxygens (including phenoxy) is 3.